The molecule has 0 aliphatic heterocycles. The van der Waals surface area contributed by atoms with Gasteiger partial charge in [-0.15, -0.1) is 0 Å². The van der Waals surface area contributed by atoms with Crippen molar-refractivity contribution in [3.05, 3.63) is 34.7 Å². The molecule has 2 N–H and O–H groups in total. The van der Waals surface area contributed by atoms with Gasteiger partial charge in [0.2, 0.25) is 5.89 Å². The Hall–Kier alpha value is -2.30. The zero-order valence-electron chi connectivity index (χ0n) is 16.0. The third-order valence-corrected chi connectivity index (χ3v) is 4.18. The number of carboxylic acids is 1. The number of rotatable bonds is 3. The molecule has 0 spiro atoms. The maximum Gasteiger partial charge on any atom is 0.309 e. The fourth-order valence-corrected chi connectivity index (χ4v) is 2.76. The van der Waals surface area contributed by atoms with Crippen LogP contribution in [0.4, 0.5) is 0 Å². The number of phenols is 1. The van der Waals surface area contributed by atoms with Crippen molar-refractivity contribution in [1.29, 1.82) is 0 Å². The number of nitrogens with zero attached hydrogens (tertiary/aromatic N) is 1. The monoisotopic (exact) mass is 345 g/mol. The number of aromatic hydroxyl groups is 1. The van der Waals surface area contributed by atoms with E-state index in [0.29, 0.717) is 17.3 Å². The summed E-state index contributed by atoms with van der Waals surface area (Å²) in [7, 11) is 0. The topological polar surface area (TPSA) is 83.6 Å². The highest BCUT2D eigenvalue weighted by Crippen LogP contribution is 2.42. The molecule has 0 aliphatic carbocycles. The molecular formula is C20H27NO4. The largest absolute Gasteiger partial charge is 0.507 e. The molecule has 0 saturated heterocycles. The van der Waals surface area contributed by atoms with Crippen LogP contribution in [-0.4, -0.2) is 21.2 Å². The second-order valence-electron chi connectivity index (χ2n) is 8.51. The van der Waals surface area contributed by atoms with Gasteiger partial charge in [-0.25, -0.2) is 4.98 Å². The normalized spacial score (nSPS) is 12.4. The number of carbonyl (C=O) groups is 1. The summed E-state index contributed by atoms with van der Waals surface area (Å²) in [6.45, 7) is 13.9. The van der Waals surface area contributed by atoms with Crippen LogP contribution in [-0.2, 0) is 22.0 Å². The van der Waals surface area contributed by atoms with Crippen LogP contribution in [0.5, 0.6) is 5.75 Å². The molecule has 1 heterocycles. The first-order valence-corrected chi connectivity index (χ1v) is 8.37. The fourth-order valence-electron chi connectivity index (χ4n) is 2.76. The Morgan fingerprint density at radius 2 is 1.56 bits per heavy atom. The van der Waals surface area contributed by atoms with Gasteiger partial charge in [0.25, 0.3) is 0 Å². The Balaban J connectivity index is 2.68. The third-order valence-electron chi connectivity index (χ3n) is 4.18. The van der Waals surface area contributed by atoms with E-state index in [0.717, 1.165) is 16.7 Å². The van der Waals surface area contributed by atoms with Gasteiger partial charge < -0.3 is 14.6 Å². The number of oxazole rings is 1. The third kappa shape index (κ3) is 4.03. The van der Waals surface area contributed by atoms with E-state index in [2.05, 4.69) is 4.98 Å². The van der Waals surface area contributed by atoms with Crippen molar-refractivity contribution in [1.82, 2.24) is 4.98 Å². The molecule has 0 radical (unpaired) electrons. The van der Waals surface area contributed by atoms with Crippen LogP contribution in [0.3, 0.4) is 0 Å². The van der Waals surface area contributed by atoms with E-state index in [4.69, 9.17) is 9.52 Å². The van der Waals surface area contributed by atoms with Crippen LogP contribution in [0.1, 0.15) is 64.1 Å². The van der Waals surface area contributed by atoms with Gasteiger partial charge in [-0.2, -0.15) is 0 Å². The first-order chi connectivity index (χ1) is 11.3. The number of hydrogen-bond donors (Lipinski definition) is 2. The lowest BCUT2D eigenvalue weighted by atomic mass is 9.78. The van der Waals surface area contributed by atoms with Gasteiger partial charge in [0.15, 0.2) is 0 Å². The van der Waals surface area contributed by atoms with Gasteiger partial charge in [0.1, 0.15) is 11.5 Å². The highest BCUT2D eigenvalue weighted by atomic mass is 16.4. The number of aromatic nitrogens is 1. The van der Waals surface area contributed by atoms with Gasteiger partial charge in [-0.05, 0) is 29.9 Å². The van der Waals surface area contributed by atoms with E-state index in [1.165, 1.54) is 0 Å². The quantitative estimate of drug-likeness (QED) is 0.851. The lowest BCUT2D eigenvalue weighted by molar-refractivity contribution is -0.136. The number of benzene rings is 1. The Labute approximate surface area is 148 Å². The van der Waals surface area contributed by atoms with Crippen molar-refractivity contribution in [2.75, 3.05) is 0 Å². The van der Waals surface area contributed by atoms with E-state index in [1.807, 2.05) is 53.7 Å². The SMILES string of the molecule is Cc1oc(-c2cc(C(C)(C)C)c(O)c(C(C)(C)C)c2)nc1CC(=O)O. The standard InChI is InChI=1S/C20H27NO4/c1-11-15(10-16(22)23)21-18(25-11)12-8-13(19(2,3)4)17(24)14(9-12)20(5,6)7/h8-9,24H,10H2,1-7H3,(H,22,23). The Kier molecular flexibility index (Phi) is 4.73. The lowest BCUT2D eigenvalue weighted by Crippen LogP contribution is -2.17. The summed E-state index contributed by atoms with van der Waals surface area (Å²) in [6, 6.07) is 3.75. The van der Waals surface area contributed by atoms with Gasteiger partial charge in [-0.1, -0.05) is 41.5 Å². The van der Waals surface area contributed by atoms with Crippen molar-refractivity contribution in [2.24, 2.45) is 0 Å². The highest BCUT2D eigenvalue weighted by Gasteiger charge is 2.28. The van der Waals surface area contributed by atoms with Crippen LogP contribution in [0.15, 0.2) is 16.5 Å². The van der Waals surface area contributed by atoms with Crippen LogP contribution < -0.4 is 0 Å². The van der Waals surface area contributed by atoms with E-state index >= 15 is 0 Å². The molecule has 136 valence electrons. The molecule has 0 aliphatic rings. The average molecular weight is 345 g/mol. The Morgan fingerprint density at radius 3 is 1.96 bits per heavy atom. The fraction of sp³-hybridized carbons (Fsp3) is 0.500. The van der Waals surface area contributed by atoms with Gasteiger partial charge in [-0.3, -0.25) is 4.79 Å². The van der Waals surface area contributed by atoms with Gasteiger partial charge >= 0.3 is 5.97 Å². The Morgan fingerprint density at radius 1 is 1.08 bits per heavy atom. The lowest BCUT2D eigenvalue weighted by Gasteiger charge is -2.27. The predicted molar refractivity (Wildman–Crippen MR) is 97.1 cm³/mol. The van der Waals surface area contributed by atoms with Crippen molar-refractivity contribution < 1.29 is 19.4 Å². The van der Waals surface area contributed by atoms with Crippen LogP contribution in [0.25, 0.3) is 11.5 Å². The summed E-state index contributed by atoms with van der Waals surface area (Å²) in [5.74, 6) is 0.224. The number of aryl methyl sites for hydroxylation is 1. The maximum atomic E-state index is 11.0. The number of hydrogen-bond acceptors (Lipinski definition) is 4. The molecule has 2 rings (SSSR count). The Bertz CT molecular complexity index is 769. The molecule has 1 aromatic carbocycles. The second kappa shape index (κ2) is 6.21. The second-order valence-corrected chi connectivity index (χ2v) is 8.51. The minimum Gasteiger partial charge on any atom is -0.507 e. The molecule has 5 nitrogen and oxygen atoms in total. The zero-order valence-corrected chi connectivity index (χ0v) is 16.0. The minimum atomic E-state index is -0.945. The molecule has 0 atom stereocenters. The summed E-state index contributed by atoms with van der Waals surface area (Å²) in [5.41, 5.74) is 2.27. The van der Waals surface area contributed by atoms with E-state index in [1.54, 1.807) is 6.92 Å². The smallest absolute Gasteiger partial charge is 0.309 e. The highest BCUT2D eigenvalue weighted by molar-refractivity contribution is 5.70. The van der Waals surface area contributed by atoms with Crippen molar-refractivity contribution in [2.45, 2.75) is 65.7 Å². The first-order valence-electron chi connectivity index (χ1n) is 8.37. The summed E-state index contributed by atoms with van der Waals surface area (Å²) in [6.07, 6.45) is -0.175. The molecule has 0 bridgehead atoms. The molecule has 5 heteroatoms. The van der Waals surface area contributed by atoms with Gasteiger partial charge in [0, 0.05) is 16.7 Å². The van der Waals surface area contributed by atoms with Crippen LogP contribution in [0, 0.1) is 6.92 Å². The molecular weight excluding hydrogens is 318 g/mol. The molecule has 0 fully saturated rings. The number of aliphatic carboxylic acids is 1. The number of phenolic OH excluding ortho intramolecular Hbond substituents is 1. The predicted octanol–water partition coefficient (Wildman–Crippen LogP) is 4.58. The maximum absolute atomic E-state index is 11.0. The molecule has 0 unspecified atom stereocenters. The summed E-state index contributed by atoms with van der Waals surface area (Å²) in [4.78, 5) is 15.3. The zero-order chi connectivity index (χ0) is 19.2. The summed E-state index contributed by atoms with van der Waals surface area (Å²) < 4.78 is 5.72. The molecule has 25 heavy (non-hydrogen) atoms. The number of carboxylic acid groups (broad SMARTS) is 1. The van der Waals surface area contributed by atoms with Crippen LogP contribution >= 0.6 is 0 Å². The van der Waals surface area contributed by atoms with E-state index < -0.39 is 5.97 Å². The molecule has 2 aromatic rings. The summed E-state index contributed by atoms with van der Waals surface area (Å²) in [5, 5.41) is 19.8. The van der Waals surface area contributed by atoms with Crippen molar-refractivity contribution in [3.8, 4) is 17.2 Å². The first kappa shape index (κ1) is 19.0. The molecule has 1 aromatic heterocycles. The summed E-state index contributed by atoms with van der Waals surface area (Å²) >= 11 is 0. The molecule has 0 amide bonds. The average Bonchev–Trinajstić information content (AvgIpc) is 2.77. The van der Waals surface area contributed by atoms with Gasteiger partial charge in [0.05, 0.1) is 12.1 Å². The van der Waals surface area contributed by atoms with E-state index in [9.17, 15) is 9.90 Å². The van der Waals surface area contributed by atoms with Crippen molar-refractivity contribution in [3.63, 3.8) is 0 Å². The van der Waals surface area contributed by atoms with E-state index in [-0.39, 0.29) is 23.0 Å². The van der Waals surface area contributed by atoms with Crippen molar-refractivity contribution >= 4 is 5.97 Å². The van der Waals surface area contributed by atoms with Crippen LogP contribution in [0.2, 0.25) is 0 Å². The molecule has 0 saturated carbocycles. The minimum absolute atomic E-state index is 0.175.